The fourth-order valence-corrected chi connectivity index (χ4v) is 2.95. The van der Waals surface area contributed by atoms with Gasteiger partial charge in [0.15, 0.2) is 0 Å². The predicted octanol–water partition coefficient (Wildman–Crippen LogP) is 4.01. The molecule has 1 unspecified atom stereocenters. The average Bonchev–Trinajstić information content (AvgIpc) is 2.99. The van der Waals surface area contributed by atoms with Crippen LogP contribution in [0.2, 0.25) is 0 Å². The van der Waals surface area contributed by atoms with Crippen LogP contribution in [0.4, 0.5) is 0 Å². The van der Waals surface area contributed by atoms with Gasteiger partial charge in [-0.1, -0.05) is 24.3 Å². The SMILES string of the molecule is c1ccc(-c2nc3c(o2)CCC(c2ccccn2)C3)cc1. The summed E-state index contributed by atoms with van der Waals surface area (Å²) in [6.07, 6.45) is 4.80. The smallest absolute Gasteiger partial charge is 0.226 e. The van der Waals surface area contributed by atoms with Crippen LogP contribution in [0.3, 0.4) is 0 Å². The van der Waals surface area contributed by atoms with E-state index in [9.17, 15) is 0 Å². The Kier molecular flexibility index (Phi) is 3.03. The highest BCUT2D eigenvalue weighted by Crippen LogP contribution is 2.33. The van der Waals surface area contributed by atoms with Crippen molar-refractivity contribution in [1.82, 2.24) is 9.97 Å². The first kappa shape index (κ1) is 12.3. The molecule has 0 amide bonds. The van der Waals surface area contributed by atoms with E-state index in [-0.39, 0.29) is 0 Å². The van der Waals surface area contributed by atoms with Gasteiger partial charge in [0, 0.05) is 36.2 Å². The molecule has 21 heavy (non-hydrogen) atoms. The summed E-state index contributed by atoms with van der Waals surface area (Å²) in [4.78, 5) is 9.18. The highest BCUT2D eigenvalue weighted by atomic mass is 16.4. The molecule has 1 aliphatic carbocycles. The van der Waals surface area contributed by atoms with Gasteiger partial charge in [0.25, 0.3) is 0 Å². The van der Waals surface area contributed by atoms with Crippen molar-refractivity contribution in [3.05, 3.63) is 71.9 Å². The van der Waals surface area contributed by atoms with E-state index in [0.717, 1.165) is 47.9 Å². The fraction of sp³-hybridized carbons (Fsp3) is 0.222. The summed E-state index contributed by atoms with van der Waals surface area (Å²) in [5, 5.41) is 0. The van der Waals surface area contributed by atoms with Gasteiger partial charge in [-0.25, -0.2) is 4.98 Å². The lowest BCUT2D eigenvalue weighted by atomic mass is 9.87. The van der Waals surface area contributed by atoms with Gasteiger partial charge in [0.2, 0.25) is 5.89 Å². The molecule has 104 valence electrons. The lowest BCUT2D eigenvalue weighted by molar-refractivity contribution is 0.461. The number of benzene rings is 1. The summed E-state index contributed by atoms with van der Waals surface area (Å²) < 4.78 is 5.94. The van der Waals surface area contributed by atoms with Crippen LogP contribution < -0.4 is 0 Å². The largest absolute Gasteiger partial charge is 0.441 e. The summed E-state index contributed by atoms with van der Waals surface area (Å²) >= 11 is 0. The zero-order valence-electron chi connectivity index (χ0n) is 11.7. The first-order valence-electron chi connectivity index (χ1n) is 7.35. The van der Waals surface area contributed by atoms with Crippen LogP contribution in [0, 0.1) is 0 Å². The van der Waals surface area contributed by atoms with Crippen molar-refractivity contribution in [3.63, 3.8) is 0 Å². The first-order chi connectivity index (χ1) is 10.4. The molecule has 1 aromatic carbocycles. The molecule has 0 spiro atoms. The third kappa shape index (κ3) is 2.35. The minimum atomic E-state index is 0.451. The van der Waals surface area contributed by atoms with E-state index < -0.39 is 0 Å². The second-order valence-electron chi connectivity index (χ2n) is 5.45. The summed E-state index contributed by atoms with van der Waals surface area (Å²) in [5.74, 6) is 2.23. The van der Waals surface area contributed by atoms with Gasteiger partial charge in [0.05, 0.1) is 5.69 Å². The molecule has 0 fully saturated rings. The number of pyridine rings is 1. The molecule has 3 heteroatoms. The molecule has 0 aliphatic heterocycles. The van der Waals surface area contributed by atoms with Gasteiger partial charge < -0.3 is 4.42 Å². The topological polar surface area (TPSA) is 38.9 Å². The van der Waals surface area contributed by atoms with Crippen LogP contribution in [0.5, 0.6) is 0 Å². The number of hydrogen-bond donors (Lipinski definition) is 0. The Balaban J connectivity index is 1.63. The van der Waals surface area contributed by atoms with E-state index >= 15 is 0 Å². The fourth-order valence-electron chi connectivity index (χ4n) is 2.95. The van der Waals surface area contributed by atoms with Crippen molar-refractivity contribution in [2.45, 2.75) is 25.2 Å². The molecule has 0 saturated carbocycles. The van der Waals surface area contributed by atoms with Gasteiger partial charge in [-0.2, -0.15) is 0 Å². The van der Waals surface area contributed by atoms with Crippen molar-refractivity contribution in [2.75, 3.05) is 0 Å². The molecule has 0 N–H and O–H groups in total. The van der Waals surface area contributed by atoms with Crippen molar-refractivity contribution in [2.24, 2.45) is 0 Å². The zero-order chi connectivity index (χ0) is 14.1. The third-order valence-electron chi connectivity index (χ3n) is 4.06. The van der Waals surface area contributed by atoms with Crippen LogP contribution in [0.25, 0.3) is 11.5 Å². The molecule has 0 bridgehead atoms. The van der Waals surface area contributed by atoms with E-state index in [1.54, 1.807) is 0 Å². The Hall–Kier alpha value is -2.42. The maximum atomic E-state index is 5.94. The Bertz CT molecular complexity index is 734. The summed E-state index contributed by atoms with van der Waals surface area (Å²) in [5.41, 5.74) is 3.30. The number of oxazole rings is 1. The molecule has 2 heterocycles. The summed E-state index contributed by atoms with van der Waals surface area (Å²) in [6, 6.07) is 16.2. The second kappa shape index (κ2) is 5.17. The average molecular weight is 276 g/mol. The van der Waals surface area contributed by atoms with Gasteiger partial charge >= 0.3 is 0 Å². The van der Waals surface area contributed by atoms with E-state index in [1.165, 1.54) is 0 Å². The van der Waals surface area contributed by atoms with E-state index in [2.05, 4.69) is 17.1 Å². The molecule has 4 rings (SSSR count). The Morgan fingerprint density at radius 2 is 1.86 bits per heavy atom. The number of rotatable bonds is 2. The molecule has 3 nitrogen and oxygen atoms in total. The maximum absolute atomic E-state index is 5.94. The molecular formula is C18H16N2O. The van der Waals surface area contributed by atoms with Crippen molar-refractivity contribution in [3.8, 4) is 11.5 Å². The first-order valence-corrected chi connectivity index (χ1v) is 7.35. The molecule has 0 saturated heterocycles. The maximum Gasteiger partial charge on any atom is 0.226 e. The van der Waals surface area contributed by atoms with E-state index in [1.807, 2.05) is 42.6 Å². The van der Waals surface area contributed by atoms with Gasteiger partial charge in [-0.3, -0.25) is 4.98 Å². The van der Waals surface area contributed by atoms with Crippen molar-refractivity contribution < 1.29 is 4.42 Å². The second-order valence-corrected chi connectivity index (χ2v) is 5.45. The third-order valence-corrected chi connectivity index (χ3v) is 4.06. The minimum Gasteiger partial charge on any atom is -0.441 e. The lowest BCUT2D eigenvalue weighted by Gasteiger charge is -2.19. The van der Waals surface area contributed by atoms with Crippen molar-refractivity contribution in [1.29, 1.82) is 0 Å². The lowest BCUT2D eigenvalue weighted by Crippen LogP contribution is -2.13. The Labute approximate surface area is 123 Å². The van der Waals surface area contributed by atoms with Gasteiger partial charge in [0.1, 0.15) is 5.76 Å². The van der Waals surface area contributed by atoms with Crippen molar-refractivity contribution >= 4 is 0 Å². The van der Waals surface area contributed by atoms with Crippen LogP contribution in [-0.4, -0.2) is 9.97 Å². The Morgan fingerprint density at radius 1 is 1.00 bits per heavy atom. The highest BCUT2D eigenvalue weighted by Gasteiger charge is 2.26. The number of hydrogen-bond acceptors (Lipinski definition) is 3. The number of fused-ring (bicyclic) bond motifs is 1. The zero-order valence-corrected chi connectivity index (χ0v) is 11.7. The normalized spacial score (nSPS) is 17.4. The summed E-state index contributed by atoms with van der Waals surface area (Å²) in [6.45, 7) is 0. The Morgan fingerprint density at radius 3 is 2.67 bits per heavy atom. The minimum absolute atomic E-state index is 0.451. The van der Waals surface area contributed by atoms with Crippen LogP contribution in [0.1, 0.15) is 29.5 Å². The van der Waals surface area contributed by atoms with Gasteiger partial charge in [-0.05, 0) is 30.7 Å². The monoisotopic (exact) mass is 276 g/mol. The molecule has 3 aromatic rings. The quantitative estimate of drug-likeness (QED) is 0.710. The molecule has 0 radical (unpaired) electrons. The van der Waals surface area contributed by atoms with Crippen LogP contribution in [-0.2, 0) is 12.8 Å². The van der Waals surface area contributed by atoms with Crippen LogP contribution in [0.15, 0.2) is 59.1 Å². The molecule has 2 aromatic heterocycles. The van der Waals surface area contributed by atoms with Crippen LogP contribution >= 0.6 is 0 Å². The molecule has 1 aliphatic rings. The number of aromatic nitrogens is 2. The molecular weight excluding hydrogens is 260 g/mol. The highest BCUT2D eigenvalue weighted by molar-refractivity contribution is 5.53. The van der Waals surface area contributed by atoms with E-state index in [0.29, 0.717) is 5.92 Å². The van der Waals surface area contributed by atoms with E-state index in [4.69, 9.17) is 9.40 Å². The standard InChI is InChI=1S/C18H16N2O/c1-2-6-13(7-3-1)18-20-16-12-14(9-10-17(16)21-18)15-8-4-5-11-19-15/h1-8,11,14H,9-10,12H2. The molecule has 1 atom stereocenters. The predicted molar refractivity (Wildman–Crippen MR) is 80.9 cm³/mol. The number of aryl methyl sites for hydroxylation is 1. The number of nitrogens with zero attached hydrogens (tertiary/aromatic N) is 2. The van der Waals surface area contributed by atoms with Gasteiger partial charge in [-0.15, -0.1) is 0 Å². The summed E-state index contributed by atoms with van der Waals surface area (Å²) in [7, 11) is 0.